The molecule has 9 nitrogen and oxygen atoms in total. The van der Waals surface area contributed by atoms with Crippen LogP contribution in [0.3, 0.4) is 0 Å². The molecule has 0 spiro atoms. The maximum absolute atomic E-state index is 13.6. The Balaban J connectivity index is 5.03. The molecular formula is C71H131N2O7P. The molecule has 3 atom stereocenters. The fourth-order valence-electron chi connectivity index (χ4n) is 9.91. The summed E-state index contributed by atoms with van der Waals surface area (Å²) >= 11 is 0. The monoisotopic (exact) mass is 1150 g/mol. The number of rotatable bonds is 62. The van der Waals surface area contributed by atoms with Gasteiger partial charge in [-0.15, -0.1) is 0 Å². The lowest BCUT2D eigenvalue weighted by Crippen LogP contribution is -2.47. The molecule has 0 saturated carbocycles. The molecule has 0 bridgehead atoms. The zero-order chi connectivity index (χ0) is 59.3. The Morgan fingerprint density at radius 3 is 1.20 bits per heavy atom. The number of carbonyl (C=O) groups is 2. The summed E-state index contributed by atoms with van der Waals surface area (Å²) in [6.45, 7) is 6.72. The number of nitrogens with zero attached hydrogens (tertiary/aromatic N) is 1. The number of likely N-dealkylation sites (N-methyl/N-ethyl adjacent to an activating group) is 1. The van der Waals surface area contributed by atoms with Gasteiger partial charge >= 0.3 is 5.97 Å². The average molecular weight is 1160 g/mol. The molecule has 0 heterocycles. The number of amides is 1. The molecule has 0 aliphatic heterocycles. The van der Waals surface area contributed by atoms with Gasteiger partial charge < -0.3 is 28.5 Å². The van der Waals surface area contributed by atoms with Gasteiger partial charge in [-0.05, 0) is 70.3 Å². The van der Waals surface area contributed by atoms with Crippen LogP contribution in [0.1, 0.15) is 316 Å². The van der Waals surface area contributed by atoms with Crippen molar-refractivity contribution in [2.45, 2.75) is 328 Å². The van der Waals surface area contributed by atoms with Crippen molar-refractivity contribution in [3.05, 3.63) is 72.9 Å². The molecule has 472 valence electrons. The molecule has 0 aromatic heterocycles. The summed E-state index contributed by atoms with van der Waals surface area (Å²) in [6.07, 6.45) is 79.1. The summed E-state index contributed by atoms with van der Waals surface area (Å²) in [5.41, 5.74) is 0. The molecule has 0 rings (SSSR count). The molecule has 0 aliphatic carbocycles. The van der Waals surface area contributed by atoms with E-state index < -0.39 is 32.5 Å². The number of hydrogen-bond acceptors (Lipinski definition) is 7. The minimum absolute atomic E-state index is 0.0319. The van der Waals surface area contributed by atoms with Crippen molar-refractivity contribution in [3.63, 3.8) is 0 Å². The molecule has 0 radical (unpaired) electrons. The Bertz CT molecular complexity index is 1620. The van der Waals surface area contributed by atoms with Gasteiger partial charge in [-0.3, -0.25) is 14.2 Å². The van der Waals surface area contributed by atoms with Crippen LogP contribution in [0.2, 0.25) is 0 Å². The standard InChI is InChI=1S/C71H131N2O7P/c1-7-10-13-16-19-22-25-27-29-31-32-33-34-35-36-37-38-39-40-42-43-45-48-51-54-57-60-63-70(74)72-68(67-79-81(76,77)78-66-65-73(4,5)6)69(62-59-56-53-50-47-24-21-18-15-12-9-3)80-71(75)64-61-58-55-52-49-46-44-41-30-28-26-23-20-17-14-11-8-2/h11,14,20,23,28,30,44,46,52,55,59,62,68-69H,7-10,12-13,15-19,21-22,24-27,29,31-43,45,47-51,53-54,56-58,60-61,63-67H2,1-6H3,(H-,72,74,76,77)/b14-11-,23-20-,30-28-,46-44-,55-52-,62-59-. The summed E-state index contributed by atoms with van der Waals surface area (Å²) in [7, 11) is 1.16. The van der Waals surface area contributed by atoms with Gasteiger partial charge in [0.1, 0.15) is 19.3 Å². The molecular weight excluding hydrogens is 1020 g/mol. The highest BCUT2D eigenvalue weighted by atomic mass is 31.2. The van der Waals surface area contributed by atoms with E-state index in [2.05, 4.69) is 86.8 Å². The Labute approximate surface area is 502 Å². The molecule has 0 fully saturated rings. The van der Waals surface area contributed by atoms with Crippen LogP contribution in [-0.4, -0.2) is 69.4 Å². The van der Waals surface area contributed by atoms with Gasteiger partial charge in [0, 0.05) is 12.8 Å². The van der Waals surface area contributed by atoms with Crippen molar-refractivity contribution in [2.24, 2.45) is 0 Å². The first-order chi connectivity index (χ1) is 39.4. The van der Waals surface area contributed by atoms with Crippen LogP contribution in [0.5, 0.6) is 0 Å². The third kappa shape index (κ3) is 61.8. The number of nitrogens with one attached hydrogen (secondary N) is 1. The molecule has 10 heteroatoms. The minimum atomic E-state index is -4.71. The second kappa shape index (κ2) is 60.6. The molecule has 0 saturated heterocycles. The van der Waals surface area contributed by atoms with Crippen LogP contribution < -0.4 is 10.2 Å². The number of hydrogen-bond donors (Lipinski definition) is 1. The second-order valence-corrected chi connectivity index (χ2v) is 25.7. The maximum atomic E-state index is 13.6. The van der Waals surface area contributed by atoms with E-state index in [1.807, 2.05) is 33.3 Å². The summed E-state index contributed by atoms with van der Waals surface area (Å²) in [5.74, 6) is -0.601. The molecule has 1 amide bonds. The van der Waals surface area contributed by atoms with Crippen molar-refractivity contribution in [1.29, 1.82) is 0 Å². The van der Waals surface area contributed by atoms with E-state index in [0.717, 1.165) is 77.0 Å². The summed E-state index contributed by atoms with van der Waals surface area (Å²) in [4.78, 5) is 40.0. The number of phosphoric ester groups is 1. The van der Waals surface area contributed by atoms with E-state index in [-0.39, 0.29) is 18.9 Å². The highest BCUT2D eigenvalue weighted by molar-refractivity contribution is 7.45. The first kappa shape index (κ1) is 78.5. The molecule has 81 heavy (non-hydrogen) atoms. The highest BCUT2D eigenvalue weighted by Gasteiger charge is 2.27. The third-order valence-electron chi connectivity index (χ3n) is 15.2. The fraction of sp³-hybridized carbons (Fsp3) is 0.803. The smallest absolute Gasteiger partial charge is 0.306 e. The zero-order valence-corrected chi connectivity index (χ0v) is 54.9. The summed E-state index contributed by atoms with van der Waals surface area (Å²) in [5, 5.41) is 3.02. The lowest BCUT2D eigenvalue weighted by molar-refractivity contribution is -0.870. The van der Waals surface area contributed by atoms with Gasteiger partial charge in [-0.1, -0.05) is 306 Å². The topological polar surface area (TPSA) is 114 Å². The quantitative estimate of drug-likeness (QED) is 0.0212. The summed E-state index contributed by atoms with van der Waals surface area (Å²) < 4.78 is 30.3. The maximum Gasteiger partial charge on any atom is 0.306 e. The number of carbonyl (C=O) groups excluding carboxylic acids is 2. The second-order valence-electron chi connectivity index (χ2n) is 24.3. The number of ether oxygens (including phenoxy) is 1. The van der Waals surface area contributed by atoms with Crippen LogP contribution in [0, 0.1) is 0 Å². The van der Waals surface area contributed by atoms with E-state index in [1.54, 1.807) is 0 Å². The lowest BCUT2D eigenvalue weighted by Gasteiger charge is -2.30. The van der Waals surface area contributed by atoms with Crippen molar-refractivity contribution in [1.82, 2.24) is 5.32 Å². The Hall–Kier alpha value is -2.55. The SMILES string of the molecule is CC/C=C\C/C=C\C/C=C\C/C=C\C/C=C\CCCC(=O)OC(/C=C\CCCCCCCCCCC)C(COP(=O)([O-])OCC[N+](C)(C)C)NC(=O)CCCCCCCCCCCCCCCCCCCCCCCCCCCCC. The van der Waals surface area contributed by atoms with Crippen LogP contribution in [0.15, 0.2) is 72.9 Å². The Kier molecular flexibility index (Phi) is 58.7. The van der Waals surface area contributed by atoms with Crippen molar-refractivity contribution in [3.8, 4) is 0 Å². The first-order valence-electron chi connectivity index (χ1n) is 34.2. The number of quaternary nitrogens is 1. The van der Waals surface area contributed by atoms with Crippen molar-refractivity contribution in [2.75, 3.05) is 40.9 Å². The fourth-order valence-corrected chi connectivity index (χ4v) is 10.6. The number of phosphoric acid groups is 1. The largest absolute Gasteiger partial charge is 0.756 e. The first-order valence-corrected chi connectivity index (χ1v) is 35.7. The van der Waals surface area contributed by atoms with E-state index in [1.165, 1.54) is 199 Å². The van der Waals surface area contributed by atoms with Gasteiger partial charge in [0.15, 0.2) is 0 Å². The molecule has 0 aromatic rings. The van der Waals surface area contributed by atoms with Gasteiger partial charge in [-0.25, -0.2) is 0 Å². The average Bonchev–Trinajstić information content (AvgIpc) is 3.43. The van der Waals surface area contributed by atoms with E-state index in [4.69, 9.17) is 13.8 Å². The van der Waals surface area contributed by atoms with Crippen LogP contribution in [0.4, 0.5) is 0 Å². The molecule has 0 aromatic carbocycles. The number of unbranched alkanes of at least 4 members (excludes halogenated alkanes) is 36. The van der Waals surface area contributed by atoms with Gasteiger partial charge in [0.2, 0.25) is 5.91 Å². The molecule has 1 N–H and O–H groups in total. The van der Waals surface area contributed by atoms with Crippen LogP contribution in [-0.2, 0) is 27.9 Å². The van der Waals surface area contributed by atoms with Crippen LogP contribution >= 0.6 is 7.82 Å². The normalized spacial score (nSPS) is 14.0. The van der Waals surface area contributed by atoms with Crippen LogP contribution in [0.25, 0.3) is 0 Å². The predicted molar refractivity (Wildman–Crippen MR) is 348 cm³/mol. The highest BCUT2D eigenvalue weighted by Crippen LogP contribution is 2.38. The van der Waals surface area contributed by atoms with E-state index in [9.17, 15) is 19.0 Å². The number of esters is 1. The van der Waals surface area contributed by atoms with Crippen molar-refractivity contribution < 1.29 is 37.3 Å². The summed E-state index contributed by atoms with van der Waals surface area (Å²) in [6, 6.07) is -0.912. The van der Waals surface area contributed by atoms with Gasteiger partial charge in [0.05, 0.1) is 33.8 Å². The van der Waals surface area contributed by atoms with E-state index in [0.29, 0.717) is 23.9 Å². The van der Waals surface area contributed by atoms with Gasteiger partial charge in [-0.2, -0.15) is 0 Å². The Morgan fingerprint density at radius 2 is 0.802 bits per heavy atom. The van der Waals surface area contributed by atoms with Crippen molar-refractivity contribution >= 4 is 19.7 Å². The third-order valence-corrected chi connectivity index (χ3v) is 16.1. The minimum Gasteiger partial charge on any atom is -0.756 e. The molecule has 3 unspecified atom stereocenters. The lowest BCUT2D eigenvalue weighted by atomic mass is 10.0. The Morgan fingerprint density at radius 1 is 0.444 bits per heavy atom. The zero-order valence-electron chi connectivity index (χ0n) is 54.0. The molecule has 0 aliphatic rings. The predicted octanol–water partition coefficient (Wildman–Crippen LogP) is 20.9. The van der Waals surface area contributed by atoms with Gasteiger partial charge in [0.25, 0.3) is 7.82 Å². The number of allylic oxidation sites excluding steroid dienone is 11. The van der Waals surface area contributed by atoms with E-state index >= 15 is 0 Å².